The molecule has 0 bridgehead atoms. The van der Waals surface area contributed by atoms with Gasteiger partial charge in [-0.15, -0.1) is 0 Å². The van der Waals surface area contributed by atoms with E-state index < -0.39 is 23.2 Å². The van der Waals surface area contributed by atoms with E-state index in [1.807, 2.05) is 3.28 Å². The van der Waals surface area contributed by atoms with Gasteiger partial charge in [0, 0.05) is 0 Å². The van der Waals surface area contributed by atoms with Gasteiger partial charge in [0.05, 0.1) is 0 Å². The van der Waals surface area contributed by atoms with Crippen molar-refractivity contribution < 1.29 is 48.0 Å². The van der Waals surface area contributed by atoms with Crippen molar-refractivity contribution in [2.75, 3.05) is 0 Å². The topological polar surface area (TPSA) is 0 Å². The second-order valence-electron chi connectivity index (χ2n) is 7.43. The van der Waals surface area contributed by atoms with Crippen LogP contribution in [-0.2, 0) is 23.2 Å². The first-order valence-corrected chi connectivity index (χ1v) is 12.2. The minimum atomic E-state index is -0.733. The van der Waals surface area contributed by atoms with Crippen LogP contribution in [0.15, 0.2) is 57.4 Å². The number of rotatable bonds is 4. The molecule has 2 aliphatic rings. The van der Waals surface area contributed by atoms with Gasteiger partial charge in [0.1, 0.15) is 0 Å². The van der Waals surface area contributed by atoms with Crippen LogP contribution < -0.4 is 24.8 Å². The number of allylic oxidation sites excluding steroid dienone is 4. The van der Waals surface area contributed by atoms with Gasteiger partial charge in [-0.3, -0.25) is 0 Å². The molecule has 0 aromatic heterocycles. The summed E-state index contributed by atoms with van der Waals surface area (Å²) < 4.78 is 2.53. The predicted molar refractivity (Wildman–Crippen MR) is 103 cm³/mol. The van der Waals surface area contributed by atoms with Gasteiger partial charge in [-0.25, -0.2) is 0 Å². The summed E-state index contributed by atoms with van der Waals surface area (Å²) in [5.41, 5.74) is 10.6. The summed E-state index contributed by atoms with van der Waals surface area (Å²) in [6.07, 6.45) is 7.34. The van der Waals surface area contributed by atoms with Crippen molar-refractivity contribution in [3.63, 3.8) is 0 Å². The second-order valence-corrected chi connectivity index (χ2v) is 10.9. The van der Waals surface area contributed by atoms with Crippen LogP contribution in [0.4, 0.5) is 0 Å². The maximum atomic E-state index is 2.47. The van der Waals surface area contributed by atoms with Gasteiger partial charge in [-0.05, 0) is 0 Å². The summed E-state index contributed by atoms with van der Waals surface area (Å²) in [7, 11) is 0. The predicted octanol–water partition coefficient (Wildman–Crippen LogP) is 0.724. The van der Waals surface area contributed by atoms with E-state index in [-0.39, 0.29) is 24.8 Å². The van der Waals surface area contributed by atoms with Crippen LogP contribution in [0.1, 0.15) is 52.6 Å². The number of hydrogen-bond donors (Lipinski definition) is 0. The van der Waals surface area contributed by atoms with Crippen LogP contribution >= 0.6 is 0 Å². The Bertz CT molecular complexity index is 844. The Morgan fingerprint density at radius 2 is 1.41 bits per heavy atom. The number of benzene rings is 2. The zero-order chi connectivity index (χ0) is 17.6. The monoisotopic (exact) mass is 474 g/mol. The Labute approximate surface area is 187 Å². The SMILES string of the molecule is CCC1=[C]([Zr+2][CH]2c3cc(C)ccc3-c3ccc(C)cc32)C(CC)C=C1.[Cl-].[Cl-]. The minimum Gasteiger partial charge on any atom is -1.00 e. The molecule has 1 atom stereocenters. The van der Waals surface area contributed by atoms with Crippen LogP contribution in [0.5, 0.6) is 0 Å². The molecule has 0 aliphatic heterocycles. The largest absolute Gasteiger partial charge is 1.00 e. The molecule has 0 spiro atoms. The van der Waals surface area contributed by atoms with Crippen molar-refractivity contribution in [1.29, 1.82) is 0 Å². The number of halogens is 2. The smallest absolute Gasteiger partial charge is 1.00 e. The first kappa shape index (κ1) is 22.7. The van der Waals surface area contributed by atoms with Crippen molar-refractivity contribution in [2.24, 2.45) is 5.92 Å². The van der Waals surface area contributed by atoms with Crippen molar-refractivity contribution in [3.8, 4) is 11.1 Å². The average Bonchev–Trinajstić information content (AvgIpc) is 3.14. The Hall–Kier alpha value is -0.617. The van der Waals surface area contributed by atoms with E-state index in [1.54, 1.807) is 16.7 Å². The second kappa shape index (κ2) is 9.25. The molecule has 1 unspecified atom stereocenters. The molecular formula is C24H26Cl2Zr. The molecule has 27 heavy (non-hydrogen) atoms. The summed E-state index contributed by atoms with van der Waals surface area (Å²) in [4.78, 5) is 0. The van der Waals surface area contributed by atoms with E-state index >= 15 is 0 Å². The van der Waals surface area contributed by atoms with Crippen LogP contribution in [0.2, 0.25) is 0 Å². The van der Waals surface area contributed by atoms with E-state index in [9.17, 15) is 0 Å². The Balaban J connectivity index is 0.00000131. The number of aryl methyl sites for hydroxylation is 2. The standard InChI is InChI=1S/C15H13.C9H13.2ClH.Zr/c1-10-3-5-14-12(7-10)9-13-8-11(2)4-6-15(13)14;1-3-8-5-6-9(4-2)7-8;;;/h3-9H,1-2H3;5-6,8H,3-4H2,1-2H3;2*1H;/q;;;;+2/p-2. The van der Waals surface area contributed by atoms with Gasteiger partial charge in [0.25, 0.3) is 0 Å². The first-order chi connectivity index (χ1) is 12.1. The fourth-order valence-electron chi connectivity index (χ4n) is 4.32. The zero-order valence-electron chi connectivity index (χ0n) is 16.4. The average molecular weight is 477 g/mol. The Kier molecular flexibility index (Phi) is 7.77. The summed E-state index contributed by atoms with van der Waals surface area (Å²) in [5.74, 6) is 0.712. The fourth-order valence-corrected chi connectivity index (χ4v) is 9.38. The van der Waals surface area contributed by atoms with Crippen molar-refractivity contribution in [1.82, 2.24) is 0 Å². The normalized spacial score (nSPS) is 17.1. The third-order valence-corrected chi connectivity index (χ3v) is 10.4. The van der Waals surface area contributed by atoms with Crippen LogP contribution in [0, 0.1) is 19.8 Å². The molecule has 0 heterocycles. The molecule has 3 heteroatoms. The molecule has 0 radical (unpaired) electrons. The Morgan fingerprint density at radius 3 is 1.89 bits per heavy atom. The van der Waals surface area contributed by atoms with E-state index in [0.717, 1.165) is 0 Å². The molecule has 0 saturated heterocycles. The molecular weight excluding hydrogens is 450 g/mol. The van der Waals surface area contributed by atoms with E-state index in [4.69, 9.17) is 0 Å². The molecule has 0 fully saturated rings. The fraction of sp³-hybridized carbons (Fsp3) is 0.333. The van der Waals surface area contributed by atoms with E-state index in [1.165, 1.54) is 35.1 Å². The summed E-state index contributed by atoms with van der Waals surface area (Å²) in [6.45, 7) is 9.14. The molecule has 0 nitrogen and oxygen atoms in total. The van der Waals surface area contributed by atoms with Crippen molar-refractivity contribution in [3.05, 3.63) is 79.7 Å². The van der Waals surface area contributed by atoms with Gasteiger partial charge >= 0.3 is 164 Å². The van der Waals surface area contributed by atoms with Gasteiger partial charge in [0.15, 0.2) is 0 Å². The van der Waals surface area contributed by atoms with Crippen molar-refractivity contribution >= 4 is 0 Å². The first-order valence-electron chi connectivity index (χ1n) is 9.51. The third-order valence-electron chi connectivity index (χ3n) is 5.69. The quantitative estimate of drug-likeness (QED) is 0.611. The minimum absolute atomic E-state index is 0. The molecule has 2 aliphatic carbocycles. The van der Waals surface area contributed by atoms with Crippen LogP contribution in [-0.4, -0.2) is 0 Å². The van der Waals surface area contributed by atoms with Gasteiger partial charge in [-0.1, -0.05) is 0 Å². The van der Waals surface area contributed by atoms with Gasteiger partial charge < -0.3 is 24.8 Å². The maximum Gasteiger partial charge on any atom is -1.00 e. The molecule has 2 aromatic carbocycles. The third kappa shape index (κ3) is 4.07. The van der Waals surface area contributed by atoms with Crippen LogP contribution in [0.25, 0.3) is 11.1 Å². The van der Waals surface area contributed by atoms with E-state index in [0.29, 0.717) is 9.54 Å². The van der Waals surface area contributed by atoms with E-state index in [2.05, 4.69) is 76.2 Å². The van der Waals surface area contributed by atoms with Crippen molar-refractivity contribution in [2.45, 2.75) is 44.2 Å². The number of hydrogen-bond acceptors (Lipinski definition) is 0. The molecule has 0 saturated carbocycles. The molecule has 4 rings (SSSR count). The molecule has 140 valence electrons. The van der Waals surface area contributed by atoms with Crippen LogP contribution in [0.3, 0.4) is 0 Å². The summed E-state index contributed by atoms with van der Waals surface area (Å²) in [5, 5.41) is 0. The zero-order valence-corrected chi connectivity index (χ0v) is 20.4. The summed E-state index contributed by atoms with van der Waals surface area (Å²) in [6, 6.07) is 14.2. The maximum absolute atomic E-state index is 2.47. The molecule has 0 N–H and O–H groups in total. The molecule has 0 amide bonds. The molecule has 2 aromatic rings. The number of fused-ring (bicyclic) bond motifs is 3. The summed E-state index contributed by atoms with van der Waals surface area (Å²) >= 11 is -0.733. The van der Waals surface area contributed by atoms with Gasteiger partial charge in [0.2, 0.25) is 0 Å². The Morgan fingerprint density at radius 1 is 0.852 bits per heavy atom. The van der Waals surface area contributed by atoms with Gasteiger partial charge in [-0.2, -0.15) is 0 Å².